The zero-order valence-electron chi connectivity index (χ0n) is 12.0. The van der Waals surface area contributed by atoms with Crippen LogP contribution in [0.3, 0.4) is 0 Å². The smallest absolute Gasteiger partial charge is 0.303 e. The molecule has 0 spiro atoms. The minimum Gasteiger partial charge on any atom is -0.459 e. The highest BCUT2D eigenvalue weighted by Gasteiger charge is 2.36. The topological polar surface area (TPSA) is 89.7 Å². The molecule has 0 saturated heterocycles. The summed E-state index contributed by atoms with van der Waals surface area (Å²) in [6.07, 6.45) is 5.14. The van der Waals surface area contributed by atoms with Crippen molar-refractivity contribution < 1.29 is 22.9 Å². The molecule has 0 aromatic carbocycles. The predicted octanol–water partition coefficient (Wildman–Crippen LogP) is 2.84. The van der Waals surface area contributed by atoms with Crippen molar-refractivity contribution in [2.24, 2.45) is 0 Å². The molecule has 0 unspecified atom stereocenters. The van der Waals surface area contributed by atoms with E-state index in [1.54, 1.807) is 12.1 Å². The number of hydrogen-bond acceptors (Lipinski definition) is 6. The number of aromatic nitrogens is 1. The van der Waals surface area contributed by atoms with E-state index in [9.17, 15) is 9.59 Å². The minimum atomic E-state index is -0.623. The monoisotopic (exact) mass is 312 g/mol. The molecule has 0 aliphatic heterocycles. The normalized spacial score (nSPS) is 13.0. The van der Waals surface area contributed by atoms with E-state index in [0.29, 0.717) is 6.42 Å². The van der Waals surface area contributed by atoms with E-state index in [4.69, 9.17) is 13.4 Å². The summed E-state index contributed by atoms with van der Waals surface area (Å²) in [5.74, 6) is -1.04. The first-order valence-electron chi connectivity index (χ1n) is 7.19. The summed E-state index contributed by atoms with van der Waals surface area (Å²) in [4.78, 5) is 26.4. The van der Waals surface area contributed by atoms with Gasteiger partial charge in [0, 0.05) is 5.56 Å². The quantitative estimate of drug-likeness (QED) is 0.691. The molecule has 0 N–H and O–H groups in total. The van der Waals surface area contributed by atoms with E-state index in [0.717, 1.165) is 29.0 Å². The Kier molecular flexibility index (Phi) is 3.11. The van der Waals surface area contributed by atoms with Crippen LogP contribution in [0.1, 0.15) is 38.8 Å². The number of furan rings is 2. The molecule has 3 heterocycles. The fraction of sp³-hybridized carbons (Fsp3) is 0.188. The van der Waals surface area contributed by atoms with Crippen molar-refractivity contribution in [1.29, 1.82) is 0 Å². The van der Waals surface area contributed by atoms with Crippen molar-refractivity contribution in [3.63, 3.8) is 0 Å². The molecule has 3 aromatic rings. The van der Waals surface area contributed by atoms with Crippen LogP contribution in [0.15, 0.2) is 50.1 Å². The lowest BCUT2D eigenvalue weighted by Crippen LogP contribution is -2.37. The first-order valence-corrected chi connectivity index (χ1v) is 7.19. The minimum absolute atomic E-state index is 0.0352. The Bertz CT molecular complexity index is 799. The van der Waals surface area contributed by atoms with Crippen LogP contribution in [-0.4, -0.2) is 17.0 Å². The van der Waals surface area contributed by atoms with Crippen LogP contribution in [0, 0.1) is 0 Å². The van der Waals surface area contributed by atoms with E-state index in [1.807, 2.05) is 0 Å². The predicted molar refractivity (Wildman–Crippen MR) is 77.1 cm³/mol. The number of carbonyl (C=O) groups is 2. The molecule has 2 amide bonds. The summed E-state index contributed by atoms with van der Waals surface area (Å²) in [5.41, 5.74) is 1.56. The van der Waals surface area contributed by atoms with Crippen LogP contribution in [0.4, 0.5) is 5.88 Å². The summed E-state index contributed by atoms with van der Waals surface area (Å²) in [6.45, 7) is 0. The first kappa shape index (κ1) is 13.6. The van der Waals surface area contributed by atoms with E-state index in [-0.39, 0.29) is 17.4 Å². The van der Waals surface area contributed by atoms with Gasteiger partial charge in [-0.15, -0.1) is 0 Å². The van der Waals surface area contributed by atoms with Crippen LogP contribution >= 0.6 is 0 Å². The van der Waals surface area contributed by atoms with Crippen molar-refractivity contribution in [1.82, 2.24) is 5.16 Å². The molecule has 23 heavy (non-hydrogen) atoms. The van der Waals surface area contributed by atoms with Gasteiger partial charge in [-0.1, -0.05) is 5.16 Å². The highest BCUT2D eigenvalue weighted by molar-refractivity contribution is 6.23. The van der Waals surface area contributed by atoms with Crippen LogP contribution in [0.25, 0.3) is 0 Å². The van der Waals surface area contributed by atoms with Crippen molar-refractivity contribution in [2.45, 2.75) is 19.3 Å². The molecule has 7 heteroatoms. The second-order valence-electron chi connectivity index (χ2n) is 5.17. The Balaban J connectivity index is 1.80. The molecule has 0 saturated carbocycles. The Labute approximate surface area is 130 Å². The lowest BCUT2D eigenvalue weighted by Gasteiger charge is -2.16. The van der Waals surface area contributed by atoms with Gasteiger partial charge in [-0.25, -0.2) is 4.90 Å². The number of fused-ring (bicyclic) bond motifs is 1. The highest BCUT2D eigenvalue weighted by atomic mass is 16.5. The third-order valence-corrected chi connectivity index (χ3v) is 3.76. The van der Waals surface area contributed by atoms with E-state index < -0.39 is 11.8 Å². The zero-order valence-corrected chi connectivity index (χ0v) is 12.0. The molecule has 0 radical (unpaired) electrons. The fourth-order valence-corrected chi connectivity index (χ4v) is 2.69. The molecule has 0 bridgehead atoms. The van der Waals surface area contributed by atoms with Gasteiger partial charge in [0.1, 0.15) is 0 Å². The molecule has 4 rings (SSSR count). The average molecular weight is 312 g/mol. The molecule has 1 aliphatic rings. The second kappa shape index (κ2) is 5.28. The second-order valence-corrected chi connectivity index (χ2v) is 5.17. The van der Waals surface area contributed by atoms with Crippen LogP contribution in [-0.2, 0) is 12.8 Å². The summed E-state index contributed by atoms with van der Waals surface area (Å²) < 4.78 is 15.5. The Morgan fingerprint density at radius 3 is 2.22 bits per heavy atom. The third kappa shape index (κ3) is 2.17. The lowest BCUT2D eigenvalue weighted by molar-refractivity contribution is 0.0858. The molecular weight excluding hydrogens is 300 g/mol. The molecule has 0 fully saturated rings. The molecule has 3 aromatic heterocycles. The molecular formula is C16H12N2O5. The SMILES string of the molecule is O=C(c1ccco1)N(C(=O)c1ccco1)c1onc2c1CCC2. The maximum Gasteiger partial charge on any atom is 0.303 e. The van der Waals surface area contributed by atoms with Crippen LogP contribution in [0.5, 0.6) is 0 Å². The number of amides is 2. The number of rotatable bonds is 3. The van der Waals surface area contributed by atoms with Crippen molar-refractivity contribution in [3.05, 3.63) is 59.6 Å². The van der Waals surface area contributed by atoms with Crippen LogP contribution < -0.4 is 4.90 Å². The fourth-order valence-electron chi connectivity index (χ4n) is 2.69. The number of hydrogen-bond donors (Lipinski definition) is 0. The number of imide groups is 1. The first-order chi connectivity index (χ1) is 11.3. The Morgan fingerprint density at radius 1 is 1.00 bits per heavy atom. The van der Waals surface area contributed by atoms with E-state index in [1.165, 1.54) is 24.7 Å². The maximum absolute atomic E-state index is 12.7. The largest absolute Gasteiger partial charge is 0.459 e. The van der Waals surface area contributed by atoms with Gasteiger partial charge in [-0.3, -0.25) is 9.59 Å². The van der Waals surface area contributed by atoms with Crippen molar-refractivity contribution >= 4 is 17.7 Å². The lowest BCUT2D eigenvalue weighted by atomic mass is 10.2. The number of anilines is 1. The van der Waals surface area contributed by atoms with Gasteiger partial charge >= 0.3 is 11.8 Å². The molecule has 7 nitrogen and oxygen atoms in total. The zero-order chi connectivity index (χ0) is 15.8. The van der Waals surface area contributed by atoms with Gasteiger partial charge in [0.25, 0.3) is 0 Å². The Morgan fingerprint density at radius 2 is 1.65 bits per heavy atom. The van der Waals surface area contributed by atoms with Gasteiger partial charge < -0.3 is 13.4 Å². The van der Waals surface area contributed by atoms with Crippen molar-refractivity contribution in [2.75, 3.05) is 4.90 Å². The summed E-state index contributed by atoms with van der Waals surface area (Å²) in [5, 5.41) is 3.96. The van der Waals surface area contributed by atoms with Gasteiger partial charge in [-0.2, -0.15) is 0 Å². The number of aryl methyl sites for hydroxylation is 1. The van der Waals surface area contributed by atoms with Gasteiger partial charge in [0.2, 0.25) is 5.88 Å². The molecule has 116 valence electrons. The summed E-state index contributed by atoms with van der Waals surface area (Å²) in [7, 11) is 0. The molecule has 0 atom stereocenters. The Hall–Kier alpha value is -3.09. The third-order valence-electron chi connectivity index (χ3n) is 3.76. The average Bonchev–Trinajstić information content (AvgIpc) is 3.32. The summed E-state index contributed by atoms with van der Waals surface area (Å²) >= 11 is 0. The maximum atomic E-state index is 12.7. The van der Waals surface area contributed by atoms with Crippen LogP contribution in [0.2, 0.25) is 0 Å². The van der Waals surface area contributed by atoms with E-state index in [2.05, 4.69) is 5.16 Å². The molecule has 1 aliphatic carbocycles. The number of nitrogens with zero attached hydrogens (tertiary/aromatic N) is 2. The van der Waals surface area contributed by atoms with Gasteiger partial charge in [-0.05, 0) is 43.5 Å². The van der Waals surface area contributed by atoms with E-state index >= 15 is 0 Å². The number of carbonyl (C=O) groups excluding carboxylic acids is 2. The van der Waals surface area contributed by atoms with Gasteiger partial charge in [0.05, 0.1) is 18.2 Å². The highest BCUT2D eigenvalue weighted by Crippen LogP contribution is 2.33. The standard InChI is InChI=1S/C16H12N2O5/c19-14(12-6-2-8-21-12)18(15(20)13-7-3-9-22-13)16-10-4-1-5-11(10)17-23-16/h2-3,6-9H,1,4-5H2. The summed E-state index contributed by atoms with van der Waals surface area (Å²) in [6, 6.07) is 6.13. The van der Waals surface area contributed by atoms with Gasteiger partial charge in [0.15, 0.2) is 11.5 Å². The van der Waals surface area contributed by atoms with Crippen molar-refractivity contribution in [3.8, 4) is 0 Å².